The number of carbonyl (C=O) groups excluding carboxylic acids is 2. The third-order valence-corrected chi connectivity index (χ3v) is 1.28. The van der Waals surface area contributed by atoms with Crippen LogP contribution in [0.5, 0.6) is 0 Å². The molecule has 0 bridgehead atoms. The molecule has 0 saturated carbocycles. The second-order valence-electron chi connectivity index (χ2n) is 2.27. The number of nitrogens with zero attached hydrogens (tertiary/aromatic N) is 2. The maximum absolute atomic E-state index is 11.1. The molecule has 1 heterocycles. The van der Waals surface area contributed by atoms with Gasteiger partial charge in [-0.2, -0.15) is 0 Å². The van der Waals surface area contributed by atoms with Crippen molar-refractivity contribution in [1.82, 2.24) is 9.97 Å². The van der Waals surface area contributed by atoms with E-state index in [0.717, 1.165) is 0 Å². The lowest BCUT2D eigenvalue weighted by atomic mass is 10.5. The van der Waals surface area contributed by atoms with Gasteiger partial charge >= 0.3 is 11.9 Å². The minimum absolute atomic E-state index is 0.163. The fourth-order valence-electron chi connectivity index (χ4n) is 0.729. The number of nitrogens with one attached hydrogen (secondary N) is 1. The molecule has 0 aliphatic rings. The third kappa shape index (κ3) is 2.81. The number of rotatable bonds is 2. The van der Waals surface area contributed by atoms with Gasteiger partial charge in [-0.05, 0) is 13.0 Å². The number of hydrogen-bond donors (Lipinski definition) is 1. The summed E-state index contributed by atoms with van der Waals surface area (Å²) >= 11 is 0. The molecule has 14 heavy (non-hydrogen) atoms. The van der Waals surface area contributed by atoms with Crippen LogP contribution in [0.15, 0.2) is 18.6 Å². The molecule has 0 radical (unpaired) electrons. The first-order valence-electron chi connectivity index (χ1n) is 3.98. The van der Waals surface area contributed by atoms with Crippen LogP contribution in [-0.2, 0) is 14.3 Å². The zero-order chi connectivity index (χ0) is 10.4. The van der Waals surface area contributed by atoms with Crippen molar-refractivity contribution < 1.29 is 14.3 Å². The lowest BCUT2D eigenvalue weighted by Crippen LogP contribution is -2.25. The maximum Gasteiger partial charge on any atom is 0.397 e. The van der Waals surface area contributed by atoms with E-state index in [0.29, 0.717) is 0 Å². The number of anilines is 1. The van der Waals surface area contributed by atoms with Crippen molar-refractivity contribution in [3.63, 3.8) is 0 Å². The van der Waals surface area contributed by atoms with Crippen LogP contribution in [0.25, 0.3) is 0 Å². The van der Waals surface area contributed by atoms with Gasteiger partial charge in [-0.25, -0.2) is 14.8 Å². The summed E-state index contributed by atoms with van der Waals surface area (Å²) in [6.07, 6.45) is 2.72. The molecule has 0 atom stereocenters. The van der Waals surface area contributed by atoms with E-state index in [4.69, 9.17) is 0 Å². The highest BCUT2D eigenvalue weighted by Gasteiger charge is 2.14. The Bertz CT molecular complexity index is 326. The predicted molar refractivity (Wildman–Crippen MR) is 47.3 cm³/mol. The van der Waals surface area contributed by atoms with Crippen LogP contribution in [0.3, 0.4) is 0 Å². The van der Waals surface area contributed by atoms with Crippen LogP contribution in [0, 0.1) is 0 Å². The number of carbonyl (C=O) groups is 2. The lowest BCUT2D eigenvalue weighted by Gasteiger charge is -2.02. The number of hydrogen-bond acceptors (Lipinski definition) is 5. The zero-order valence-electron chi connectivity index (χ0n) is 7.56. The fraction of sp³-hybridized carbons (Fsp3) is 0.250. The van der Waals surface area contributed by atoms with E-state index < -0.39 is 11.9 Å². The van der Waals surface area contributed by atoms with E-state index in [2.05, 4.69) is 20.0 Å². The minimum atomic E-state index is -0.925. The van der Waals surface area contributed by atoms with Gasteiger partial charge in [-0.3, -0.25) is 4.79 Å². The van der Waals surface area contributed by atoms with Crippen LogP contribution in [0.4, 0.5) is 5.82 Å². The maximum atomic E-state index is 11.1. The van der Waals surface area contributed by atoms with E-state index in [1.807, 2.05) is 0 Å². The average molecular weight is 195 g/mol. The van der Waals surface area contributed by atoms with Gasteiger partial charge in [0.1, 0.15) is 12.1 Å². The second-order valence-corrected chi connectivity index (χ2v) is 2.27. The fourth-order valence-corrected chi connectivity index (χ4v) is 0.729. The quantitative estimate of drug-likeness (QED) is 0.529. The van der Waals surface area contributed by atoms with Gasteiger partial charge in [0.15, 0.2) is 0 Å². The van der Waals surface area contributed by atoms with Crippen molar-refractivity contribution in [1.29, 1.82) is 0 Å². The number of amides is 1. The van der Waals surface area contributed by atoms with Crippen molar-refractivity contribution in [3.05, 3.63) is 18.6 Å². The highest BCUT2D eigenvalue weighted by molar-refractivity contribution is 6.37. The molecule has 0 spiro atoms. The van der Waals surface area contributed by atoms with Crippen molar-refractivity contribution in [2.24, 2.45) is 0 Å². The van der Waals surface area contributed by atoms with Crippen molar-refractivity contribution in [3.8, 4) is 0 Å². The van der Waals surface area contributed by atoms with Gasteiger partial charge in [-0.1, -0.05) is 0 Å². The summed E-state index contributed by atoms with van der Waals surface area (Å²) in [4.78, 5) is 29.3. The first kappa shape index (κ1) is 10.1. The molecule has 1 N–H and O–H groups in total. The number of ether oxygens (including phenoxy) is 1. The molecule has 1 aromatic heterocycles. The summed E-state index contributed by atoms with van der Waals surface area (Å²) in [5, 5.41) is 2.26. The van der Waals surface area contributed by atoms with Crippen molar-refractivity contribution >= 4 is 17.7 Å². The summed E-state index contributed by atoms with van der Waals surface area (Å²) in [7, 11) is 0. The van der Waals surface area contributed by atoms with E-state index in [-0.39, 0.29) is 12.4 Å². The smallest absolute Gasteiger partial charge is 0.397 e. The van der Waals surface area contributed by atoms with Crippen LogP contribution >= 0.6 is 0 Å². The predicted octanol–water partition coefficient (Wildman–Crippen LogP) is -0.0218. The molecular weight excluding hydrogens is 186 g/mol. The van der Waals surface area contributed by atoms with E-state index in [1.165, 1.54) is 18.6 Å². The Morgan fingerprint density at radius 3 is 2.93 bits per heavy atom. The molecule has 6 heteroatoms. The molecule has 0 unspecified atom stereocenters. The van der Waals surface area contributed by atoms with Crippen LogP contribution in [0.1, 0.15) is 6.92 Å². The Labute approximate surface area is 80.3 Å². The Morgan fingerprint density at radius 1 is 1.57 bits per heavy atom. The molecule has 1 aromatic rings. The first-order valence-corrected chi connectivity index (χ1v) is 3.98. The average Bonchev–Trinajstić information content (AvgIpc) is 2.19. The molecule has 1 amide bonds. The van der Waals surface area contributed by atoms with E-state index >= 15 is 0 Å². The molecule has 74 valence electrons. The normalized spacial score (nSPS) is 9.21. The van der Waals surface area contributed by atoms with Crippen LogP contribution in [0.2, 0.25) is 0 Å². The lowest BCUT2D eigenvalue weighted by molar-refractivity contribution is -0.152. The van der Waals surface area contributed by atoms with Gasteiger partial charge in [0.25, 0.3) is 0 Å². The Balaban J connectivity index is 2.53. The second kappa shape index (κ2) is 4.90. The summed E-state index contributed by atoms with van der Waals surface area (Å²) in [5.74, 6) is -1.50. The monoisotopic (exact) mass is 195 g/mol. The van der Waals surface area contributed by atoms with E-state index in [9.17, 15) is 9.59 Å². The molecule has 1 rings (SSSR count). The molecule has 0 saturated heterocycles. The molecule has 0 aromatic carbocycles. The molecule has 0 aliphatic carbocycles. The van der Waals surface area contributed by atoms with Gasteiger partial charge in [0.05, 0.1) is 6.61 Å². The van der Waals surface area contributed by atoms with Crippen molar-refractivity contribution in [2.75, 3.05) is 11.9 Å². The molecule has 6 nitrogen and oxygen atoms in total. The van der Waals surface area contributed by atoms with Crippen molar-refractivity contribution in [2.45, 2.75) is 6.92 Å². The Kier molecular flexibility index (Phi) is 3.54. The van der Waals surface area contributed by atoms with Gasteiger partial charge in [-0.15, -0.1) is 0 Å². The summed E-state index contributed by atoms with van der Waals surface area (Å²) < 4.78 is 4.48. The first-order chi connectivity index (χ1) is 6.74. The summed E-state index contributed by atoms with van der Waals surface area (Å²) in [6, 6.07) is 1.47. The highest BCUT2D eigenvalue weighted by atomic mass is 16.5. The van der Waals surface area contributed by atoms with Gasteiger partial charge in [0, 0.05) is 6.20 Å². The molecule has 0 aliphatic heterocycles. The van der Waals surface area contributed by atoms with Crippen LogP contribution in [-0.4, -0.2) is 28.5 Å². The largest absolute Gasteiger partial charge is 0.459 e. The minimum Gasteiger partial charge on any atom is -0.459 e. The number of aromatic nitrogens is 2. The number of esters is 1. The SMILES string of the molecule is CCOC(=O)C(=O)Nc1ccncn1. The highest BCUT2D eigenvalue weighted by Crippen LogP contribution is 1.97. The zero-order valence-corrected chi connectivity index (χ0v) is 7.56. The summed E-state index contributed by atoms with van der Waals surface area (Å²) in [6.45, 7) is 1.78. The standard InChI is InChI=1S/C8H9N3O3/c1-2-14-8(13)7(12)11-6-3-4-9-5-10-6/h3-5H,2H2,1H3,(H,9,10,11,12). The topological polar surface area (TPSA) is 81.2 Å². The van der Waals surface area contributed by atoms with Gasteiger partial charge in [0.2, 0.25) is 0 Å². The van der Waals surface area contributed by atoms with Gasteiger partial charge < -0.3 is 10.1 Å². The molecule has 0 fully saturated rings. The Hall–Kier alpha value is -1.98. The molecular formula is C8H9N3O3. The van der Waals surface area contributed by atoms with Crippen LogP contribution < -0.4 is 5.32 Å². The Morgan fingerprint density at radius 2 is 2.36 bits per heavy atom. The third-order valence-electron chi connectivity index (χ3n) is 1.28. The summed E-state index contributed by atoms with van der Waals surface area (Å²) in [5.41, 5.74) is 0. The van der Waals surface area contributed by atoms with E-state index in [1.54, 1.807) is 6.92 Å².